The van der Waals surface area contributed by atoms with Crippen molar-refractivity contribution in [2.45, 2.75) is 26.8 Å². The Morgan fingerprint density at radius 1 is 0.939 bits per heavy atom. The molecule has 1 aromatic carbocycles. The van der Waals surface area contributed by atoms with E-state index in [2.05, 4.69) is 40.7 Å². The van der Waals surface area contributed by atoms with Gasteiger partial charge in [0.1, 0.15) is 22.2 Å². The number of benzene rings is 1. The predicted octanol–water partition coefficient (Wildman–Crippen LogP) is 3.87. The molecule has 0 atom stereocenters. The molecule has 3 aromatic rings. The molecule has 0 saturated carbocycles. The number of nitrogens with zero attached hydrogens (tertiary/aromatic N) is 5. The van der Waals surface area contributed by atoms with Crippen LogP contribution in [0, 0.1) is 13.8 Å². The first-order valence-corrected chi connectivity index (χ1v) is 12.6. The monoisotopic (exact) mass is 467 g/mol. The molecular weight excluding hydrogens is 434 g/mol. The van der Waals surface area contributed by atoms with E-state index in [1.54, 1.807) is 18.4 Å². The molecule has 176 valence electrons. The van der Waals surface area contributed by atoms with E-state index in [1.165, 1.54) is 21.5 Å². The highest BCUT2D eigenvalue weighted by Crippen LogP contribution is 2.35. The van der Waals surface area contributed by atoms with Crippen LogP contribution in [0.25, 0.3) is 10.2 Å². The van der Waals surface area contributed by atoms with E-state index in [9.17, 15) is 0 Å². The Hall–Kier alpha value is -2.42. The van der Waals surface area contributed by atoms with E-state index < -0.39 is 0 Å². The van der Waals surface area contributed by atoms with Crippen molar-refractivity contribution < 1.29 is 9.47 Å². The van der Waals surface area contributed by atoms with Crippen molar-refractivity contribution in [2.24, 2.45) is 0 Å². The van der Waals surface area contributed by atoms with Gasteiger partial charge in [-0.2, -0.15) is 0 Å². The number of morpholine rings is 1. The zero-order chi connectivity index (χ0) is 22.8. The average Bonchev–Trinajstić information content (AvgIpc) is 3.00. The number of anilines is 2. The number of ether oxygens (including phenoxy) is 2. The molecule has 0 radical (unpaired) electrons. The van der Waals surface area contributed by atoms with Crippen LogP contribution in [0.3, 0.4) is 0 Å². The Kier molecular flexibility index (Phi) is 6.66. The summed E-state index contributed by atoms with van der Waals surface area (Å²) in [5.74, 6) is 2.94. The molecule has 0 spiro atoms. The summed E-state index contributed by atoms with van der Waals surface area (Å²) in [6.45, 7) is 12.6. The normalized spacial score (nSPS) is 18.0. The zero-order valence-corrected chi connectivity index (χ0v) is 20.7. The quantitative estimate of drug-likeness (QED) is 0.565. The molecule has 2 aliphatic rings. The molecule has 0 unspecified atom stereocenters. The second-order valence-electron chi connectivity index (χ2n) is 8.84. The maximum absolute atomic E-state index is 5.52. The van der Waals surface area contributed by atoms with Gasteiger partial charge in [-0.05, 0) is 50.1 Å². The van der Waals surface area contributed by atoms with Crippen molar-refractivity contribution in [3.63, 3.8) is 0 Å². The van der Waals surface area contributed by atoms with Crippen LogP contribution in [-0.2, 0) is 11.3 Å². The van der Waals surface area contributed by atoms with Gasteiger partial charge in [0.15, 0.2) is 0 Å². The molecule has 0 aliphatic carbocycles. The molecule has 0 amide bonds. The maximum atomic E-state index is 5.52. The molecule has 0 N–H and O–H groups in total. The lowest BCUT2D eigenvalue weighted by Gasteiger charge is -2.27. The second kappa shape index (κ2) is 9.83. The number of fused-ring (bicyclic) bond motifs is 1. The summed E-state index contributed by atoms with van der Waals surface area (Å²) in [7, 11) is 1.71. The van der Waals surface area contributed by atoms with E-state index >= 15 is 0 Å². The minimum Gasteiger partial charge on any atom is -0.497 e. The van der Waals surface area contributed by atoms with Crippen molar-refractivity contribution in [3.05, 3.63) is 40.5 Å². The van der Waals surface area contributed by atoms with Crippen LogP contribution in [0.1, 0.15) is 22.7 Å². The summed E-state index contributed by atoms with van der Waals surface area (Å²) >= 11 is 1.80. The molecule has 5 rings (SSSR count). The number of aromatic nitrogens is 2. The summed E-state index contributed by atoms with van der Waals surface area (Å²) in [6.07, 6.45) is 1.10. The summed E-state index contributed by atoms with van der Waals surface area (Å²) < 4.78 is 10.8. The van der Waals surface area contributed by atoms with Gasteiger partial charge in [-0.1, -0.05) is 0 Å². The fourth-order valence-electron chi connectivity index (χ4n) is 4.71. The van der Waals surface area contributed by atoms with Crippen molar-refractivity contribution in [1.29, 1.82) is 0 Å². The lowest BCUT2D eigenvalue weighted by Crippen LogP contribution is -2.36. The minimum absolute atomic E-state index is 0.786. The number of rotatable bonds is 5. The van der Waals surface area contributed by atoms with Crippen LogP contribution in [0.2, 0.25) is 0 Å². The van der Waals surface area contributed by atoms with Gasteiger partial charge in [0.05, 0.1) is 32.3 Å². The van der Waals surface area contributed by atoms with Gasteiger partial charge < -0.3 is 19.3 Å². The van der Waals surface area contributed by atoms with Gasteiger partial charge in [-0.25, -0.2) is 9.97 Å². The highest BCUT2D eigenvalue weighted by Gasteiger charge is 2.23. The first-order valence-electron chi connectivity index (χ1n) is 11.8. The van der Waals surface area contributed by atoms with E-state index in [4.69, 9.17) is 19.4 Å². The van der Waals surface area contributed by atoms with Crippen molar-refractivity contribution in [1.82, 2.24) is 14.9 Å². The lowest BCUT2D eigenvalue weighted by atomic mass is 10.2. The van der Waals surface area contributed by atoms with Gasteiger partial charge in [0, 0.05) is 49.8 Å². The zero-order valence-electron chi connectivity index (χ0n) is 19.8. The predicted molar refractivity (Wildman–Crippen MR) is 135 cm³/mol. The van der Waals surface area contributed by atoms with Crippen molar-refractivity contribution >= 4 is 33.1 Å². The van der Waals surface area contributed by atoms with Crippen LogP contribution in [0.4, 0.5) is 11.5 Å². The fourth-order valence-corrected chi connectivity index (χ4v) is 5.75. The first kappa shape index (κ1) is 22.4. The minimum atomic E-state index is 0.786. The van der Waals surface area contributed by atoms with Crippen LogP contribution >= 0.6 is 11.3 Å². The van der Waals surface area contributed by atoms with E-state index in [0.717, 1.165) is 87.7 Å². The van der Waals surface area contributed by atoms with Crippen LogP contribution in [0.15, 0.2) is 24.3 Å². The average molecular weight is 468 g/mol. The molecule has 0 bridgehead atoms. The highest BCUT2D eigenvalue weighted by atomic mass is 32.1. The topological polar surface area (TPSA) is 54.0 Å². The maximum Gasteiger partial charge on any atom is 0.146 e. The largest absolute Gasteiger partial charge is 0.497 e. The summed E-state index contributed by atoms with van der Waals surface area (Å²) in [5, 5.41) is 1.24. The molecule has 2 aliphatic heterocycles. The van der Waals surface area contributed by atoms with E-state index in [-0.39, 0.29) is 0 Å². The molecule has 33 heavy (non-hydrogen) atoms. The van der Waals surface area contributed by atoms with Crippen molar-refractivity contribution in [3.8, 4) is 5.75 Å². The number of methoxy groups -OCH3 is 1. The molecule has 4 heterocycles. The lowest BCUT2D eigenvalue weighted by molar-refractivity contribution is 0.0331. The van der Waals surface area contributed by atoms with Gasteiger partial charge in [0.2, 0.25) is 0 Å². The van der Waals surface area contributed by atoms with Crippen molar-refractivity contribution in [2.75, 3.05) is 69.4 Å². The van der Waals surface area contributed by atoms with Crippen LogP contribution in [-0.4, -0.2) is 74.5 Å². The molecule has 2 fully saturated rings. The molecular formula is C25H33N5O2S. The summed E-state index contributed by atoms with van der Waals surface area (Å²) in [4.78, 5) is 19.9. The van der Waals surface area contributed by atoms with Gasteiger partial charge in [-0.15, -0.1) is 11.3 Å². The van der Waals surface area contributed by atoms with E-state index in [0.29, 0.717) is 0 Å². The third-order valence-corrected chi connectivity index (χ3v) is 7.86. The van der Waals surface area contributed by atoms with Crippen LogP contribution < -0.4 is 14.5 Å². The number of thiophene rings is 1. The molecule has 2 aromatic heterocycles. The Morgan fingerprint density at radius 3 is 2.42 bits per heavy atom. The SMILES string of the molecule is COc1ccc(N2CCCN(c3nc(CN4CCOCC4)nc4sc(C)c(C)c34)CC2)cc1. The van der Waals surface area contributed by atoms with Gasteiger partial charge in [-0.3, -0.25) is 4.90 Å². The number of aryl methyl sites for hydroxylation is 2. The first-order chi connectivity index (χ1) is 16.1. The third kappa shape index (κ3) is 4.78. The standard InChI is InChI=1S/C25H33N5O2S/c1-18-19(2)33-25-23(18)24(26-22(27-25)17-28-13-15-32-16-14-28)30-10-4-9-29(11-12-30)20-5-7-21(31-3)8-6-20/h5-8H,4,9-17H2,1-3H3. The third-order valence-electron chi connectivity index (χ3n) is 6.76. The Labute approximate surface area is 199 Å². The van der Waals surface area contributed by atoms with Gasteiger partial charge >= 0.3 is 0 Å². The highest BCUT2D eigenvalue weighted by molar-refractivity contribution is 7.18. The fraction of sp³-hybridized carbons (Fsp3) is 0.520. The molecule has 2 saturated heterocycles. The Morgan fingerprint density at radius 2 is 1.67 bits per heavy atom. The summed E-state index contributed by atoms with van der Waals surface area (Å²) in [6, 6.07) is 8.40. The molecule has 7 nitrogen and oxygen atoms in total. The Balaban J connectivity index is 1.41. The number of hydrogen-bond donors (Lipinski definition) is 0. The smallest absolute Gasteiger partial charge is 0.146 e. The second-order valence-corrected chi connectivity index (χ2v) is 10.0. The van der Waals surface area contributed by atoms with Gasteiger partial charge in [0.25, 0.3) is 0 Å². The van der Waals surface area contributed by atoms with Crippen LogP contribution in [0.5, 0.6) is 5.75 Å². The van der Waals surface area contributed by atoms with E-state index in [1.807, 2.05) is 12.1 Å². The Bertz CT molecular complexity index is 1090. The molecule has 8 heteroatoms. The summed E-state index contributed by atoms with van der Waals surface area (Å²) in [5.41, 5.74) is 2.57. The number of hydrogen-bond acceptors (Lipinski definition) is 8.